The number of morpholine rings is 1. The summed E-state index contributed by atoms with van der Waals surface area (Å²) in [5, 5.41) is 4.62. The molecule has 3 heterocycles. The molecule has 4 rings (SSSR count). The van der Waals surface area contributed by atoms with E-state index in [1.807, 2.05) is 0 Å². The molecule has 0 aliphatic carbocycles. The molecule has 0 radical (unpaired) electrons. The van der Waals surface area contributed by atoms with Gasteiger partial charge < -0.3 is 15.0 Å². The van der Waals surface area contributed by atoms with Crippen LogP contribution in [-0.2, 0) is 4.74 Å². The van der Waals surface area contributed by atoms with Crippen molar-refractivity contribution in [2.75, 3.05) is 36.5 Å². The Balaban J connectivity index is 1.59. The molecule has 0 saturated carbocycles. The standard InChI is InChI=1S/C17H17ClN4OS/c1-11-10-14-15(20-17(18)21-16(14)24-11)19-12-2-4-13(5-3-12)22-6-8-23-9-7-22/h2-5,10H,6-9H2,1H3,(H,19,20,21). The van der Waals surface area contributed by atoms with Gasteiger partial charge in [-0.25, -0.2) is 4.98 Å². The zero-order valence-corrected chi connectivity index (χ0v) is 14.8. The van der Waals surface area contributed by atoms with Gasteiger partial charge in [0.15, 0.2) is 0 Å². The van der Waals surface area contributed by atoms with E-state index in [2.05, 4.69) is 57.4 Å². The minimum atomic E-state index is 0.261. The first-order valence-corrected chi connectivity index (χ1v) is 9.02. The molecule has 0 spiro atoms. The van der Waals surface area contributed by atoms with Crippen molar-refractivity contribution >= 4 is 50.3 Å². The first-order valence-electron chi connectivity index (χ1n) is 7.82. The van der Waals surface area contributed by atoms with Crippen LogP contribution in [0.3, 0.4) is 0 Å². The van der Waals surface area contributed by atoms with Gasteiger partial charge in [-0.05, 0) is 48.9 Å². The minimum absolute atomic E-state index is 0.261. The molecule has 124 valence electrons. The topological polar surface area (TPSA) is 50.3 Å². The highest BCUT2D eigenvalue weighted by molar-refractivity contribution is 7.18. The fraction of sp³-hybridized carbons (Fsp3) is 0.294. The van der Waals surface area contributed by atoms with Gasteiger partial charge in [0.2, 0.25) is 5.28 Å². The fourth-order valence-corrected chi connectivity index (χ4v) is 3.92. The molecule has 1 aliphatic heterocycles. The highest BCUT2D eigenvalue weighted by atomic mass is 35.5. The van der Waals surface area contributed by atoms with Crippen LogP contribution in [-0.4, -0.2) is 36.3 Å². The molecule has 1 N–H and O–H groups in total. The fourth-order valence-electron chi connectivity index (χ4n) is 2.83. The van der Waals surface area contributed by atoms with Crippen molar-refractivity contribution in [3.05, 3.63) is 40.5 Å². The van der Waals surface area contributed by atoms with Gasteiger partial charge in [0.05, 0.1) is 18.6 Å². The van der Waals surface area contributed by atoms with Gasteiger partial charge in [0, 0.05) is 29.3 Å². The number of benzene rings is 1. The zero-order valence-electron chi connectivity index (χ0n) is 13.3. The minimum Gasteiger partial charge on any atom is -0.378 e. The molecular weight excluding hydrogens is 344 g/mol. The van der Waals surface area contributed by atoms with Crippen LogP contribution in [0.4, 0.5) is 17.2 Å². The molecule has 3 aromatic rings. The summed E-state index contributed by atoms with van der Waals surface area (Å²) in [7, 11) is 0. The Morgan fingerprint density at radius 2 is 1.92 bits per heavy atom. The lowest BCUT2D eigenvalue weighted by molar-refractivity contribution is 0.122. The molecule has 1 saturated heterocycles. The third-order valence-corrected chi connectivity index (χ3v) is 5.11. The van der Waals surface area contributed by atoms with E-state index in [4.69, 9.17) is 16.3 Å². The van der Waals surface area contributed by atoms with Crippen LogP contribution in [0.25, 0.3) is 10.2 Å². The number of halogens is 1. The second-order valence-electron chi connectivity index (χ2n) is 5.69. The predicted octanol–water partition coefficient (Wildman–Crippen LogP) is 4.23. The maximum atomic E-state index is 6.05. The molecule has 0 atom stereocenters. The lowest BCUT2D eigenvalue weighted by Crippen LogP contribution is -2.36. The Morgan fingerprint density at radius 1 is 1.17 bits per heavy atom. The molecule has 0 unspecified atom stereocenters. The van der Waals surface area contributed by atoms with E-state index < -0.39 is 0 Å². The van der Waals surface area contributed by atoms with E-state index >= 15 is 0 Å². The SMILES string of the molecule is Cc1cc2c(Nc3ccc(N4CCOCC4)cc3)nc(Cl)nc2s1. The van der Waals surface area contributed by atoms with Crippen molar-refractivity contribution in [1.29, 1.82) is 0 Å². The number of anilines is 3. The first-order chi connectivity index (χ1) is 11.7. The summed E-state index contributed by atoms with van der Waals surface area (Å²) in [5.74, 6) is 0.744. The lowest BCUT2D eigenvalue weighted by Gasteiger charge is -2.28. The van der Waals surface area contributed by atoms with Crippen molar-refractivity contribution < 1.29 is 4.74 Å². The molecule has 2 aromatic heterocycles. The van der Waals surface area contributed by atoms with Crippen molar-refractivity contribution in [3.63, 3.8) is 0 Å². The van der Waals surface area contributed by atoms with Crippen LogP contribution >= 0.6 is 22.9 Å². The first kappa shape index (κ1) is 15.6. The average Bonchev–Trinajstić information content (AvgIpc) is 2.97. The number of hydrogen-bond donors (Lipinski definition) is 1. The maximum absolute atomic E-state index is 6.05. The maximum Gasteiger partial charge on any atom is 0.225 e. The van der Waals surface area contributed by atoms with E-state index in [0.717, 1.165) is 48.0 Å². The van der Waals surface area contributed by atoms with E-state index in [9.17, 15) is 0 Å². The normalized spacial score (nSPS) is 15.0. The van der Waals surface area contributed by atoms with Gasteiger partial charge in [0.1, 0.15) is 10.6 Å². The monoisotopic (exact) mass is 360 g/mol. The Morgan fingerprint density at radius 3 is 2.67 bits per heavy atom. The average molecular weight is 361 g/mol. The molecule has 1 aromatic carbocycles. The number of hydrogen-bond acceptors (Lipinski definition) is 6. The van der Waals surface area contributed by atoms with E-state index in [1.54, 1.807) is 11.3 Å². The summed E-state index contributed by atoms with van der Waals surface area (Å²) in [6, 6.07) is 10.4. The third-order valence-electron chi connectivity index (χ3n) is 3.99. The second kappa shape index (κ2) is 6.55. The molecule has 7 heteroatoms. The quantitative estimate of drug-likeness (QED) is 0.708. The molecule has 1 aliphatic rings. The summed E-state index contributed by atoms with van der Waals surface area (Å²) in [5.41, 5.74) is 2.19. The molecule has 5 nitrogen and oxygen atoms in total. The largest absolute Gasteiger partial charge is 0.378 e. The van der Waals surface area contributed by atoms with Gasteiger partial charge in [-0.1, -0.05) is 0 Å². The molecule has 0 bridgehead atoms. The van der Waals surface area contributed by atoms with Gasteiger partial charge in [-0.2, -0.15) is 4.98 Å². The summed E-state index contributed by atoms with van der Waals surface area (Å²) in [6.45, 7) is 5.50. The van der Waals surface area contributed by atoms with Crippen molar-refractivity contribution in [3.8, 4) is 0 Å². The van der Waals surface area contributed by atoms with Crippen LogP contribution in [0.5, 0.6) is 0 Å². The van der Waals surface area contributed by atoms with Crippen LogP contribution in [0.15, 0.2) is 30.3 Å². The predicted molar refractivity (Wildman–Crippen MR) is 99.9 cm³/mol. The summed E-state index contributed by atoms with van der Waals surface area (Å²) >= 11 is 7.67. The molecule has 1 fully saturated rings. The number of ether oxygens (including phenoxy) is 1. The zero-order chi connectivity index (χ0) is 16.5. The third kappa shape index (κ3) is 3.17. The number of fused-ring (bicyclic) bond motifs is 1. The number of nitrogens with one attached hydrogen (secondary N) is 1. The van der Waals surface area contributed by atoms with E-state index in [1.165, 1.54) is 10.6 Å². The number of thiophene rings is 1. The number of aryl methyl sites for hydroxylation is 1. The van der Waals surface area contributed by atoms with Gasteiger partial charge in [-0.3, -0.25) is 0 Å². The Labute approximate surface area is 149 Å². The van der Waals surface area contributed by atoms with Crippen LogP contribution in [0, 0.1) is 6.92 Å². The van der Waals surface area contributed by atoms with Crippen LogP contribution in [0.2, 0.25) is 5.28 Å². The van der Waals surface area contributed by atoms with E-state index in [0.29, 0.717) is 0 Å². The smallest absolute Gasteiger partial charge is 0.225 e. The van der Waals surface area contributed by atoms with Crippen LogP contribution in [0.1, 0.15) is 4.88 Å². The number of nitrogens with zero attached hydrogens (tertiary/aromatic N) is 3. The van der Waals surface area contributed by atoms with Crippen molar-refractivity contribution in [2.45, 2.75) is 6.92 Å². The highest BCUT2D eigenvalue weighted by Crippen LogP contribution is 2.31. The van der Waals surface area contributed by atoms with Gasteiger partial charge >= 0.3 is 0 Å². The Bertz CT molecular complexity index is 859. The number of aromatic nitrogens is 2. The lowest BCUT2D eigenvalue weighted by atomic mass is 10.2. The van der Waals surface area contributed by atoms with Gasteiger partial charge in [-0.15, -0.1) is 11.3 Å². The Hall–Kier alpha value is -1.89. The van der Waals surface area contributed by atoms with Crippen molar-refractivity contribution in [2.24, 2.45) is 0 Å². The molecule has 24 heavy (non-hydrogen) atoms. The summed E-state index contributed by atoms with van der Waals surface area (Å²) in [6.07, 6.45) is 0. The summed E-state index contributed by atoms with van der Waals surface area (Å²) < 4.78 is 5.40. The van der Waals surface area contributed by atoms with E-state index in [-0.39, 0.29) is 5.28 Å². The Kier molecular flexibility index (Phi) is 4.26. The second-order valence-corrected chi connectivity index (χ2v) is 7.26. The van der Waals surface area contributed by atoms with Gasteiger partial charge in [0.25, 0.3) is 0 Å². The number of rotatable bonds is 3. The summed E-state index contributed by atoms with van der Waals surface area (Å²) in [4.78, 5) is 13.1. The molecule has 0 amide bonds. The van der Waals surface area contributed by atoms with Crippen molar-refractivity contribution in [1.82, 2.24) is 9.97 Å². The van der Waals surface area contributed by atoms with Crippen LogP contribution < -0.4 is 10.2 Å². The molecular formula is C17H17ClN4OS. The highest BCUT2D eigenvalue weighted by Gasteiger charge is 2.12.